The maximum absolute atomic E-state index is 10.1. The summed E-state index contributed by atoms with van der Waals surface area (Å²) < 4.78 is 0. The number of aliphatic hydroxyl groups is 1. The number of carbonyl (C=O) groups excluding carboxylic acids is 2. The van der Waals surface area contributed by atoms with Crippen LogP contribution in [-0.2, 0) is 32.0 Å². The first-order chi connectivity index (χ1) is 3.70. The standard InChI is InChI=1S/C4H5NO3.Au/c6-2-1-3(7)5-4(2)8;/h2,6H,1H2,(H,5,7,8);/q;+1/p-1. The van der Waals surface area contributed by atoms with Gasteiger partial charge in [-0.25, -0.2) is 0 Å². The molecule has 9 heavy (non-hydrogen) atoms. The fourth-order valence-electron chi connectivity index (χ4n) is 0.496. The van der Waals surface area contributed by atoms with Crippen LogP contribution in [0.2, 0.25) is 0 Å². The molecule has 1 aliphatic heterocycles. The summed E-state index contributed by atoms with van der Waals surface area (Å²) in [5.74, 6) is -1.24. The van der Waals surface area contributed by atoms with Crippen LogP contribution >= 0.6 is 0 Å². The Labute approximate surface area is 67.1 Å². The number of imide groups is 1. The zero-order valence-electron chi connectivity index (χ0n) is 4.30. The number of hydrogen-bond donors (Lipinski definition) is 1. The summed E-state index contributed by atoms with van der Waals surface area (Å²) in [7, 11) is 0. The van der Waals surface area contributed by atoms with Gasteiger partial charge in [0, 0.05) is 6.42 Å². The average molecular weight is 311 g/mol. The van der Waals surface area contributed by atoms with Gasteiger partial charge in [-0.2, -0.15) is 0 Å². The van der Waals surface area contributed by atoms with Crippen LogP contribution in [0, 0.1) is 0 Å². The van der Waals surface area contributed by atoms with E-state index >= 15 is 0 Å². The van der Waals surface area contributed by atoms with Gasteiger partial charge in [0.1, 0.15) is 6.10 Å². The maximum Gasteiger partial charge on any atom is 1.00 e. The molecule has 1 fully saturated rings. The van der Waals surface area contributed by atoms with Crippen molar-refractivity contribution in [1.29, 1.82) is 0 Å². The van der Waals surface area contributed by atoms with Gasteiger partial charge in [0.05, 0.1) is 11.8 Å². The smallest absolute Gasteiger partial charge is 0.594 e. The van der Waals surface area contributed by atoms with Crippen molar-refractivity contribution in [2.45, 2.75) is 12.5 Å². The fourth-order valence-corrected chi connectivity index (χ4v) is 0.496. The van der Waals surface area contributed by atoms with E-state index in [0.29, 0.717) is 0 Å². The van der Waals surface area contributed by atoms with Crippen LogP contribution in [0.4, 0.5) is 0 Å². The summed E-state index contributed by atoms with van der Waals surface area (Å²) >= 11 is 0. The third-order valence-electron chi connectivity index (χ3n) is 0.888. The molecule has 0 saturated carbocycles. The molecule has 54 valence electrons. The van der Waals surface area contributed by atoms with Gasteiger partial charge < -0.3 is 20.0 Å². The number of amides is 2. The van der Waals surface area contributed by atoms with E-state index in [1.165, 1.54) is 0 Å². The summed E-state index contributed by atoms with van der Waals surface area (Å²) in [5, 5.41) is 11.4. The van der Waals surface area contributed by atoms with Gasteiger partial charge in [0.25, 0.3) is 0 Å². The second-order valence-corrected chi connectivity index (χ2v) is 1.56. The van der Waals surface area contributed by atoms with Crippen LogP contribution in [0.1, 0.15) is 6.42 Å². The van der Waals surface area contributed by atoms with Crippen molar-refractivity contribution in [3.8, 4) is 0 Å². The zero-order valence-corrected chi connectivity index (χ0v) is 6.46. The Morgan fingerprint density at radius 3 is 2.22 bits per heavy atom. The summed E-state index contributed by atoms with van der Waals surface area (Å²) in [4.78, 5) is 20.3. The molecule has 4 nitrogen and oxygen atoms in total. The van der Waals surface area contributed by atoms with E-state index in [0.717, 1.165) is 0 Å². The number of hydrogen-bond acceptors (Lipinski definition) is 3. The number of aliphatic hydroxyl groups excluding tert-OH is 1. The summed E-state index contributed by atoms with van der Waals surface area (Å²) in [6.07, 6.45) is -1.30. The summed E-state index contributed by atoms with van der Waals surface area (Å²) in [6, 6.07) is 0. The van der Waals surface area contributed by atoms with Gasteiger partial charge in [-0.05, 0) is 0 Å². The SMILES string of the molecule is O=C1CC(O)C(=O)[N-]1.[Au+]. The molecule has 1 saturated heterocycles. The van der Waals surface area contributed by atoms with Crippen molar-refractivity contribution in [3.05, 3.63) is 5.32 Å². The first-order valence-electron chi connectivity index (χ1n) is 2.16. The topological polar surface area (TPSA) is 68.5 Å². The molecule has 0 aliphatic carbocycles. The molecule has 1 rings (SSSR count). The Balaban J connectivity index is 0.000000640. The Morgan fingerprint density at radius 1 is 1.56 bits per heavy atom. The van der Waals surface area contributed by atoms with Crippen LogP contribution in [-0.4, -0.2) is 23.0 Å². The van der Waals surface area contributed by atoms with Crippen molar-refractivity contribution < 1.29 is 37.1 Å². The van der Waals surface area contributed by atoms with Gasteiger partial charge in [0.15, 0.2) is 0 Å². The summed E-state index contributed by atoms with van der Waals surface area (Å²) in [6.45, 7) is 0. The molecule has 1 unspecified atom stereocenters. The van der Waals surface area contributed by atoms with Crippen LogP contribution in [0.25, 0.3) is 5.32 Å². The first kappa shape index (κ1) is 8.84. The van der Waals surface area contributed by atoms with E-state index in [-0.39, 0.29) is 28.8 Å². The minimum Gasteiger partial charge on any atom is -0.594 e. The van der Waals surface area contributed by atoms with Crippen molar-refractivity contribution in [3.63, 3.8) is 0 Å². The third-order valence-corrected chi connectivity index (χ3v) is 0.888. The first-order valence-corrected chi connectivity index (χ1v) is 2.16. The molecule has 0 radical (unpaired) electrons. The van der Waals surface area contributed by atoms with E-state index in [1.807, 2.05) is 0 Å². The van der Waals surface area contributed by atoms with Crippen LogP contribution in [0.5, 0.6) is 0 Å². The molecule has 5 heteroatoms. The molecule has 0 bridgehead atoms. The van der Waals surface area contributed by atoms with Gasteiger partial charge in [-0.3, -0.25) is 0 Å². The third kappa shape index (κ3) is 1.91. The van der Waals surface area contributed by atoms with Crippen molar-refractivity contribution >= 4 is 11.8 Å². The fraction of sp³-hybridized carbons (Fsp3) is 0.500. The second kappa shape index (κ2) is 3.12. The molecule has 1 N–H and O–H groups in total. The Kier molecular flexibility index (Phi) is 3.07. The molecule has 0 aromatic rings. The van der Waals surface area contributed by atoms with Gasteiger partial charge in [-0.15, -0.1) is 0 Å². The molecule has 0 aromatic carbocycles. The van der Waals surface area contributed by atoms with Crippen molar-refractivity contribution in [1.82, 2.24) is 0 Å². The Morgan fingerprint density at radius 2 is 2.11 bits per heavy atom. The van der Waals surface area contributed by atoms with Gasteiger partial charge >= 0.3 is 22.4 Å². The van der Waals surface area contributed by atoms with E-state index in [2.05, 4.69) is 5.32 Å². The monoisotopic (exact) mass is 311 g/mol. The van der Waals surface area contributed by atoms with Crippen molar-refractivity contribution in [2.75, 3.05) is 0 Å². The predicted molar refractivity (Wildman–Crippen MR) is 24.0 cm³/mol. The minimum atomic E-state index is -1.16. The van der Waals surface area contributed by atoms with Gasteiger partial charge in [-0.1, -0.05) is 0 Å². The van der Waals surface area contributed by atoms with E-state index in [4.69, 9.17) is 5.11 Å². The predicted octanol–water partition coefficient (Wildman–Crippen LogP) is -0.825. The van der Waals surface area contributed by atoms with Crippen LogP contribution < -0.4 is 0 Å². The largest absolute Gasteiger partial charge is 1.00 e. The van der Waals surface area contributed by atoms with Crippen LogP contribution in [0.15, 0.2) is 0 Å². The zero-order chi connectivity index (χ0) is 6.15. The maximum atomic E-state index is 10.1. The summed E-state index contributed by atoms with van der Waals surface area (Å²) in [5.41, 5.74) is 0. The Hall–Kier alpha value is -0.160. The molecule has 0 spiro atoms. The van der Waals surface area contributed by atoms with E-state index in [9.17, 15) is 9.59 Å². The molecule has 0 aromatic heterocycles. The van der Waals surface area contributed by atoms with E-state index < -0.39 is 17.9 Å². The molecule has 1 heterocycles. The Bertz CT molecular complexity index is 147. The van der Waals surface area contributed by atoms with E-state index in [1.54, 1.807) is 0 Å². The molecular weight excluding hydrogens is 307 g/mol. The quantitative estimate of drug-likeness (QED) is 0.469. The average Bonchev–Trinajstić information content (AvgIpc) is 1.85. The van der Waals surface area contributed by atoms with Gasteiger partial charge in [0.2, 0.25) is 0 Å². The number of rotatable bonds is 0. The number of carbonyl (C=O) groups is 2. The van der Waals surface area contributed by atoms with Crippen LogP contribution in [0.3, 0.4) is 0 Å². The molecule has 1 aliphatic rings. The molecule has 2 amide bonds. The molecule has 1 atom stereocenters. The second-order valence-electron chi connectivity index (χ2n) is 1.56. The molecular formula is C4H4AuNO3. The minimum absolute atomic E-state index is 0. The normalized spacial score (nSPS) is 25.2. The van der Waals surface area contributed by atoms with Crippen molar-refractivity contribution in [2.24, 2.45) is 0 Å². The number of nitrogens with zero attached hydrogens (tertiary/aromatic N) is 1.